The largest absolute Gasteiger partial charge is 0.468 e. The van der Waals surface area contributed by atoms with Gasteiger partial charge in [0.2, 0.25) is 0 Å². The molecule has 2 rings (SSSR count). The minimum absolute atomic E-state index is 0.0813. The molecule has 0 spiro atoms. The van der Waals surface area contributed by atoms with Crippen LogP contribution in [0.5, 0.6) is 0 Å². The average molecular weight is 296 g/mol. The van der Waals surface area contributed by atoms with Crippen LogP contribution in [0.1, 0.15) is 52.4 Å². The molecule has 1 N–H and O–H groups in total. The van der Waals surface area contributed by atoms with Crippen LogP contribution in [0.4, 0.5) is 0 Å². The van der Waals surface area contributed by atoms with E-state index >= 15 is 0 Å². The van der Waals surface area contributed by atoms with Crippen molar-refractivity contribution in [2.45, 2.75) is 64.0 Å². The molecule has 0 aromatic rings. The second kappa shape index (κ2) is 7.10. The highest BCUT2D eigenvalue weighted by Gasteiger charge is 2.52. The highest BCUT2D eigenvalue weighted by atomic mass is 16.5. The second-order valence-corrected chi connectivity index (χ2v) is 7.01. The molecular formula is C17H32N2O2. The van der Waals surface area contributed by atoms with Crippen molar-refractivity contribution in [1.82, 2.24) is 10.2 Å². The molecule has 3 atom stereocenters. The lowest BCUT2D eigenvalue weighted by Crippen LogP contribution is -2.62. The Morgan fingerprint density at radius 1 is 1.29 bits per heavy atom. The van der Waals surface area contributed by atoms with Gasteiger partial charge in [-0.3, -0.25) is 0 Å². The molecule has 0 aromatic heterocycles. The molecule has 0 aliphatic heterocycles. The van der Waals surface area contributed by atoms with Crippen molar-refractivity contribution in [3.63, 3.8) is 0 Å². The molecule has 2 fully saturated rings. The molecule has 2 aliphatic rings. The van der Waals surface area contributed by atoms with Gasteiger partial charge in [0, 0.05) is 12.6 Å². The molecule has 0 aromatic carbocycles. The van der Waals surface area contributed by atoms with Gasteiger partial charge in [0.1, 0.15) is 5.54 Å². The number of methoxy groups -OCH3 is 1. The number of ether oxygens (including phenoxy) is 1. The third-order valence-electron chi connectivity index (χ3n) is 5.45. The van der Waals surface area contributed by atoms with Crippen molar-refractivity contribution in [2.75, 3.05) is 27.2 Å². The fourth-order valence-electron chi connectivity index (χ4n) is 4.17. The van der Waals surface area contributed by atoms with E-state index in [4.69, 9.17) is 4.74 Å². The van der Waals surface area contributed by atoms with Crippen molar-refractivity contribution in [2.24, 2.45) is 11.8 Å². The quantitative estimate of drug-likeness (QED) is 0.733. The molecule has 4 heteroatoms. The molecule has 0 heterocycles. The van der Waals surface area contributed by atoms with Crippen LogP contribution < -0.4 is 5.32 Å². The summed E-state index contributed by atoms with van der Waals surface area (Å²) in [4.78, 5) is 14.9. The van der Waals surface area contributed by atoms with Crippen LogP contribution in [0.15, 0.2) is 0 Å². The minimum atomic E-state index is -0.505. The molecule has 2 saturated carbocycles. The van der Waals surface area contributed by atoms with Gasteiger partial charge in [-0.15, -0.1) is 0 Å². The number of hydrogen-bond donors (Lipinski definition) is 1. The Kier molecular flexibility index (Phi) is 5.67. The maximum Gasteiger partial charge on any atom is 0.327 e. The van der Waals surface area contributed by atoms with Crippen LogP contribution in [0.2, 0.25) is 0 Å². The number of hydrogen-bond acceptors (Lipinski definition) is 4. The number of nitrogens with zero attached hydrogens (tertiary/aromatic N) is 1. The Balaban J connectivity index is 2.11. The number of carbonyl (C=O) groups excluding carboxylic acids is 1. The average Bonchev–Trinajstić information content (AvgIpc) is 3.31. The summed E-state index contributed by atoms with van der Waals surface area (Å²) in [6, 6.07) is 0.597. The zero-order valence-corrected chi connectivity index (χ0v) is 14.2. The summed E-state index contributed by atoms with van der Waals surface area (Å²) >= 11 is 0. The minimum Gasteiger partial charge on any atom is -0.468 e. The summed E-state index contributed by atoms with van der Waals surface area (Å²) in [5.41, 5.74) is -0.505. The molecule has 4 nitrogen and oxygen atoms in total. The maximum atomic E-state index is 12.5. The summed E-state index contributed by atoms with van der Waals surface area (Å²) in [6.45, 7) is 6.00. The highest BCUT2D eigenvalue weighted by molar-refractivity contribution is 5.82. The van der Waals surface area contributed by atoms with Crippen molar-refractivity contribution in [3.05, 3.63) is 0 Å². The predicted octanol–water partition coefficient (Wildman–Crippen LogP) is 2.43. The third kappa shape index (κ3) is 3.59. The molecule has 0 radical (unpaired) electrons. The SMILES string of the molecule is CCNC(CN(C)C1CCCCC1C)(C(=O)OC)C1CC1. The van der Waals surface area contributed by atoms with Crippen LogP contribution in [0.25, 0.3) is 0 Å². The van der Waals surface area contributed by atoms with Gasteiger partial charge in [0.15, 0.2) is 0 Å². The standard InChI is InChI=1S/C17H32N2O2/c1-5-18-17(14-10-11-14,16(20)21-4)12-19(3)15-9-7-6-8-13(15)2/h13-15,18H,5-12H2,1-4H3. The topological polar surface area (TPSA) is 41.6 Å². The fourth-order valence-corrected chi connectivity index (χ4v) is 4.17. The Hall–Kier alpha value is -0.610. The van der Waals surface area contributed by atoms with Gasteiger partial charge in [-0.25, -0.2) is 4.79 Å². The van der Waals surface area contributed by atoms with Gasteiger partial charge in [-0.05, 0) is 51.1 Å². The van der Waals surface area contributed by atoms with E-state index in [0.29, 0.717) is 12.0 Å². The number of likely N-dealkylation sites (N-methyl/N-ethyl adjacent to an activating group) is 2. The van der Waals surface area contributed by atoms with Crippen LogP contribution in [0.3, 0.4) is 0 Å². The van der Waals surface area contributed by atoms with Gasteiger partial charge in [0.05, 0.1) is 7.11 Å². The summed E-state index contributed by atoms with van der Waals surface area (Å²) in [5.74, 6) is 1.08. The van der Waals surface area contributed by atoms with E-state index in [0.717, 1.165) is 31.8 Å². The molecular weight excluding hydrogens is 264 g/mol. The van der Waals surface area contributed by atoms with Crippen LogP contribution in [-0.2, 0) is 9.53 Å². The number of carbonyl (C=O) groups is 1. The predicted molar refractivity (Wildman–Crippen MR) is 85.2 cm³/mol. The smallest absolute Gasteiger partial charge is 0.327 e. The Morgan fingerprint density at radius 3 is 2.48 bits per heavy atom. The lowest BCUT2D eigenvalue weighted by Gasteiger charge is -2.42. The van der Waals surface area contributed by atoms with E-state index in [-0.39, 0.29) is 5.97 Å². The normalized spacial score (nSPS) is 29.2. The van der Waals surface area contributed by atoms with Crippen molar-refractivity contribution >= 4 is 5.97 Å². The molecule has 2 aliphatic carbocycles. The first kappa shape index (κ1) is 16.8. The van der Waals surface area contributed by atoms with E-state index in [9.17, 15) is 4.79 Å². The van der Waals surface area contributed by atoms with Gasteiger partial charge in [-0.2, -0.15) is 0 Å². The second-order valence-electron chi connectivity index (χ2n) is 7.01. The van der Waals surface area contributed by atoms with Gasteiger partial charge in [-0.1, -0.05) is 26.7 Å². The van der Waals surface area contributed by atoms with Gasteiger partial charge in [0.25, 0.3) is 0 Å². The molecule has 3 unspecified atom stereocenters. The van der Waals surface area contributed by atoms with Crippen molar-refractivity contribution < 1.29 is 9.53 Å². The summed E-state index contributed by atoms with van der Waals surface area (Å²) < 4.78 is 5.16. The van der Waals surface area contributed by atoms with Gasteiger partial charge < -0.3 is 15.0 Å². The molecule has 0 saturated heterocycles. The summed E-state index contributed by atoms with van der Waals surface area (Å²) in [7, 11) is 3.70. The monoisotopic (exact) mass is 296 g/mol. The molecule has 0 bridgehead atoms. The third-order valence-corrected chi connectivity index (χ3v) is 5.45. The Morgan fingerprint density at radius 2 is 1.95 bits per heavy atom. The highest BCUT2D eigenvalue weighted by Crippen LogP contribution is 2.41. The van der Waals surface area contributed by atoms with Crippen molar-refractivity contribution in [1.29, 1.82) is 0 Å². The zero-order valence-electron chi connectivity index (χ0n) is 14.2. The fraction of sp³-hybridized carbons (Fsp3) is 0.941. The molecule has 21 heavy (non-hydrogen) atoms. The van der Waals surface area contributed by atoms with E-state index in [1.807, 2.05) is 0 Å². The Bertz CT molecular complexity index is 357. The summed E-state index contributed by atoms with van der Waals surface area (Å²) in [6.07, 6.45) is 7.50. The van der Waals surface area contributed by atoms with E-state index in [2.05, 4.69) is 31.1 Å². The van der Waals surface area contributed by atoms with E-state index < -0.39 is 5.54 Å². The number of nitrogens with one attached hydrogen (secondary N) is 1. The van der Waals surface area contributed by atoms with Gasteiger partial charge >= 0.3 is 5.97 Å². The van der Waals surface area contributed by atoms with E-state index in [1.165, 1.54) is 32.8 Å². The lowest BCUT2D eigenvalue weighted by atomic mass is 9.83. The zero-order chi connectivity index (χ0) is 15.5. The maximum absolute atomic E-state index is 12.5. The van der Waals surface area contributed by atoms with Crippen LogP contribution in [0, 0.1) is 11.8 Å². The first-order valence-corrected chi connectivity index (χ1v) is 8.58. The Labute approximate surface area is 129 Å². The first-order chi connectivity index (χ1) is 10.0. The molecule has 122 valence electrons. The van der Waals surface area contributed by atoms with Crippen LogP contribution >= 0.6 is 0 Å². The summed E-state index contributed by atoms with van der Waals surface area (Å²) in [5, 5.41) is 3.48. The van der Waals surface area contributed by atoms with E-state index in [1.54, 1.807) is 0 Å². The number of rotatable bonds is 7. The number of esters is 1. The molecule has 0 amide bonds. The van der Waals surface area contributed by atoms with Crippen molar-refractivity contribution in [3.8, 4) is 0 Å². The van der Waals surface area contributed by atoms with Crippen LogP contribution in [-0.4, -0.2) is 49.7 Å². The first-order valence-electron chi connectivity index (χ1n) is 8.58. The lowest BCUT2D eigenvalue weighted by molar-refractivity contribution is -0.151.